The van der Waals surface area contributed by atoms with E-state index in [2.05, 4.69) is 10.4 Å². The monoisotopic (exact) mass is 413 g/mol. The number of furan rings is 1. The Morgan fingerprint density at radius 2 is 1.83 bits per heavy atom. The Balaban J connectivity index is 1.94. The van der Waals surface area contributed by atoms with Crippen LogP contribution in [0, 0.1) is 25.2 Å². The van der Waals surface area contributed by atoms with Crippen LogP contribution in [0.15, 0.2) is 45.9 Å². The average molecular weight is 413 g/mol. The van der Waals surface area contributed by atoms with Gasteiger partial charge in [-0.1, -0.05) is 0 Å². The van der Waals surface area contributed by atoms with Gasteiger partial charge in [-0.25, -0.2) is 17.4 Å². The number of carbonyl (C=O) groups excluding carboxylic acids is 1. The maximum absolute atomic E-state index is 12.7. The Bertz CT molecular complexity index is 1210. The summed E-state index contributed by atoms with van der Waals surface area (Å²) >= 11 is 0. The number of sulfonamides is 1. The lowest BCUT2D eigenvalue weighted by Crippen LogP contribution is -2.21. The van der Waals surface area contributed by atoms with E-state index in [1.165, 1.54) is 26.2 Å². The highest BCUT2D eigenvalue weighted by Crippen LogP contribution is 2.24. The minimum atomic E-state index is -3.78. The van der Waals surface area contributed by atoms with Crippen LogP contribution in [0.3, 0.4) is 0 Å². The van der Waals surface area contributed by atoms with Crippen LogP contribution in [0.4, 0.5) is 5.82 Å². The molecule has 150 valence electrons. The molecule has 0 saturated heterocycles. The SMILES string of the molecule is Cc1nn(-c2ccc(C#N)cc2)c(NC(=O)c2ccc(S(=O)(=O)N(C)C)o2)c1C. The number of nitrogens with zero attached hydrogens (tertiary/aromatic N) is 4. The maximum Gasteiger partial charge on any atom is 0.292 e. The van der Waals surface area contributed by atoms with Crippen LogP contribution in [0.2, 0.25) is 0 Å². The largest absolute Gasteiger partial charge is 0.438 e. The number of carbonyl (C=O) groups is 1. The number of nitrogens with one attached hydrogen (secondary N) is 1. The Hall–Kier alpha value is -3.42. The zero-order chi connectivity index (χ0) is 21.3. The molecule has 1 N–H and O–H groups in total. The number of hydrogen-bond acceptors (Lipinski definition) is 6. The van der Waals surface area contributed by atoms with Gasteiger partial charge in [0.05, 0.1) is 23.0 Å². The van der Waals surface area contributed by atoms with Gasteiger partial charge in [0, 0.05) is 19.7 Å². The highest BCUT2D eigenvalue weighted by molar-refractivity contribution is 7.88. The van der Waals surface area contributed by atoms with Gasteiger partial charge in [0.25, 0.3) is 15.9 Å². The zero-order valence-electron chi connectivity index (χ0n) is 16.3. The summed E-state index contributed by atoms with van der Waals surface area (Å²) < 4.78 is 32.1. The Kier molecular flexibility index (Phi) is 5.28. The number of benzene rings is 1. The summed E-state index contributed by atoms with van der Waals surface area (Å²) in [6.07, 6.45) is 0. The molecule has 1 amide bonds. The van der Waals surface area contributed by atoms with Gasteiger partial charge in [-0.05, 0) is 50.2 Å². The number of aromatic nitrogens is 2. The molecule has 29 heavy (non-hydrogen) atoms. The van der Waals surface area contributed by atoms with Gasteiger partial charge in [0.1, 0.15) is 5.82 Å². The molecular weight excluding hydrogens is 394 g/mol. The minimum absolute atomic E-state index is 0.143. The third-order valence-corrected chi connectivity index (χ3v) is 6.06. The molecule has 9 nitrogen and oxygen atoms in total. The van der Waals surface area contributed by atoms with E-state index in [1.807, 2.05) is 13.0 Å². The summed E-state index contributed by atoms with van der Waals surface area (Å²) in [6.45, 7) is 3.61. The topological polar surface area (TPSA) is 121 Å². The lowest BCUT2D eigenvalue weighted by Gasteiger charge is -2.10. The van der Waals surface area contributed by atoms with Crippen LogP contribution in [0.5, 0.6) is 0 Å². The maximum atomic E-state index is 12.7. The van der Waals surface area contributed by atoms with Gasteiger partial charge in [0.2, 0.25) is 5.09 Å². The van der Waals surface area contributed by atoms with E-state index >= 15 is 0 Å². The minimum Gasteiger partial charge on any atom is -0.438 e. The number of rotatable bonds is 5. The second-order valence-corrected chi connectivity index (χ2v) is 8.57. The number of anilines is 1. The fourth-order valence-corrected chi connectivity index (χ4v) is 3.34. The first-order chi connectivity index (χ1) is 13.6. The molecular formula is C19H19N5O4S. The van der Waals surface area contributed by atoms with Crippen molar-refractivity contribution >= 4 is 21.7 Å². The van der Waals surface area contributed by atoms with Crippen molar-refractivity contribution in [2.75, 3.05) is 19.4 Å². The van der Waals surface area contributed by atoms with Crippen molar-refractivity contribution in [3.05, 3.63) is 59.0 Å². The molecule has 0 aliphatic carbocycles. The molecule has 0 saturated carbocycles. The molecule has 0 bridgehead atoms. The van der Waals surface area contributed by atoms with Gasteiger partial charge >= 0.3 is 0 Å². The van der Waals surface area contributed by atoms with Gasteiger partial charge < -0.3 is 9.73 Å². The summed E-state index contributed by atoms with van der Waals surface area (Å²) in [5.74, 6) is -0.330. The van der Waals surface area contributed by atoms with Crippen LogP contribution in [0.25, 0.3) is 5.69 Å². The number of aryl methyl sites for hydroxylation is 1. The van der Waals surface area contributed by atoms with Crippen molar-refractivity contribution in [3.8, 4) is 11.8 Å². The molecule has 2 aromatic heterocycles. The predicted octanol–water partition coefficient (Wildman–Crippen LogP) is 2.46. The molecule has 0 unspecified atom stereocenters. The first kappa shape index (κ1) is 20.3. The molecule has 2 heterocycles. The molecule has 1 aromatic carbocycles. The first-order valence-corrected chi connectivity index (χ1v) is 9.99. The van der Waals surface area contributed by atoms with Crippen LogP contribution in [-0.4, -0.2) is 42.5 Å². The molecule has 3 aromatic rings. The molecule has 10 heteroatoms. The lowest BCUT2D eigenvalue weighted by atomic mass is 10.2. The van der Waals surface area contributed by atoms with E-state index in [0.717, 1.165) is 9.87 Å². The first-order valence-electron chi connectivity index (χ1n) is 8.55. The third-order valence-electron chi connectivity index (χ3n) is 4.37. The molecule has 0 aliphatic heterocycles. The second kappa shape index (κ2) is 7.54. The van der Waals surface area contributed by atoms with Crippen molar-refractivity contribution in [2.45, 2.75) is 18.9 Å². The Morgan fingerprint density at radius 1 is 1.17 bits per heavy atom. The van der Waals surface area contributed by atoms with Crippen LogP contribution in [0.1, 0.15) is 27.4 Å². The summed E-state index contributed by atoms with van der Waals surface area (Å²) in [5, 5.41) is 15.8. The van der Waals surface area contributed by atoms with Crippen molar-refractivity contribution in [2.24, 2.45) is 0 Å². The summed E-state index contributed by atoms with van der Waals surface area (Å²) in [6, 6.07) is 11.3. The van der Waals surface area contributed by atoms with E-state index < -0.39 is 15.9 Å². The normalized spacial score (nSPS) is 11.4. The predicted molar refractivity (Wildman–Crippen MR) is 105 cm³/mol. The molecule has 0 atom stereocenters. The average Bonchev–Trinajstić information content (AvgIpc) is 3.30. The number of hydrogen-bond donors (Lipinski definition) is 1. The van der Waals surface area contributed by atoms with Crippen molar-refractivity contribution < 1.29 is 17.6 Å². The summed E-state index contributed by atoms with van der Waals surface area (Å²) in [7, 11) is -1.03. The fourth-order valence-electron chi connectivity index (χ4n) is 2.55. The smallest absolute Gasteiger partial charge is 0.292 e. The van der Waals surface area contributed by atoms with Gasteiger partial charge in [0.15, 0.2) is 5.76 Å². The zero-order valence-corrected chi connectivity index (χ0v) is 17.1. The van der Waals surface area contributed by atoms with Crippen LogP contribution >= 0.6 is 0 Å². The quantitative estimate of drug-likeness (QED) is 0.686. The van der Waals surface area contributed by atoms with Crippen LogP contribution < -0.4 is 5.32 Å². The van der Waals surface area contributed by atoms with Gasteiger partial charge in [-0.15, -0.1) is 0 Å². The Labute approximate surface area is 168 Å². The number of nitriles is 1. The molecule has 0 fully saturated rings. The van der Waals surface area contributed by atoms with Crippen LogP contribution in [-0.2, 0) is 10.0 Å². The van der Waals surface area contributed by atoms with E-state index in [9.17, 15) is 13.2 Å². The van der Waals surface area contributed by atoms with E-state index in [-0.39, 0.29) is 10.9 Å². The summed E-state index contributed by atoms with van der Waals surface area (Å²) in [5.41, 5.74) is 2.62. The fraction of sp³-hybridized carbons (Fsp3) is 0.211. The van der Waals surface area contributed by atoms with Crippen molar-refractivity contribution in [1.82, 2.24) is 14.1 Å². The Morgan fingerprint density at radius 3 is 2.41 bits per heavy atom. The second-order valence-electron chi connectivity index (χ2n) is 6.49. The highest BCUT2D eigenvalue weighted by atomic mass is 32.2. The van der Waals surface area contributed by atoms with Crippen molar-refractivity contribution in [1.29, 1.82) is 5.26 Å². The number of amides is 1. The third kappa shape index (κ3) is 3.78. The van der Waals surface area contributed by atoms with E-state index in [1.54, 1.807) is 35.9 Å². The molecule has 3 rings (SSSR count). The molecule has 0 radical (unpaired) electrons. The van der Waals surface area contributed by atoms with Gasteiger partial charge in [-0.3, -0.25) is 4.79 Å². The van der Waals surface area contributed by atoms with Gasteiger partial charge in [-0.2, -0.15) is 10.4 Å². The van der Waals surface area contributed by atoms with E-state index in [0.29, 0.717) is 22.8 Å². The highest BCUT2D eigenvalue weighted by Gasteiger charge is 2.24. The van der Waals surface area contributed by atoms with E-state index in [4.69, 9.17) is 9.68 Å². The standard InChI is InChI=1S/C19H19N5O4S/c1-12-13(2)22-24(15-7-5-14(11-20)6-8-15)18(12)21-19(25)16-9-10-17(28-16)29(26,27)23(3)4/h5-10H,1-4H3,(H,21,25). The molecule has 0 aliphatic rings. The van der Waals surface area contributed by atoms with Crippen molar-refractivity contribution in [3.63, 3.8) is 0 Å². The molecule has 0 spiro atoms. The summed E-state index contributed by atoms with van der Waals surface area (Å²) in [4.78, 5) is 12.7. The lowest BCUT2D eigenvalue weighted by molar-refractivity contribution is 0.0990.